The maximum absolute atomic E-state index is 12.3. The molecule has 0 aliphatic rings. The van der Waals surface area contributed by atoms with Crippen molar-refractivity contribution in [2.75, 3.05) is 7.05 Å². The molecule has 4 rings (SSSR count). The number of hydrogen-bond acceptors (Lipinski definition) is 4. The Kier molecular flexibility index (Phi) is 5.56. The maximum Gasteiger partial charge on any atom is 0.266 e. The zero-order valence-corrected chi connectivity index (χ0v) is 16.7. The van der Waals surface area contributed by atoms with Crippen LogP contribution in [0.4, 0.5) is 0 Å². The second kappa shape index (κ2) is 7.72. The molecule has 6 heteroatoms. The van der Waals surface area contributed by atoms with Crippen LogP contribution in [0.5, 0.6) is 5.75 Å². The smallest absolute Gasteiger partial charge is 0.266 e. The summed E-state index contributed by atoms with van der Waals surface area (Å²) in [4.78, 5) is 15.2. The van der Waals surface area contributed by atoms with Gasteiger partial charge in [-0.3, -0.25) is 4.79 Å². The van der Waals surface area contributed by atoms with Crippen molar-refractivity contribution in [1.29, 1.82) is 0 Å². The van der Waals surface area contributed by atoms with E-state index >= 15 is 0 Å². The van der Waals surface area contributed by atoms with Crippen LogP contribution in [0.25, 0.3) is 32.1 Å². The molecule has 2 aromatic heterocycles. The summed E-state index contributed by atoms with van der Waals surface area (Å²) in [5.41, 5.74) is 3.55. The van der Waals surface area contributed by atoms with Crippen LogP contribution in [-0.2, 0) is 0 Å². The van der Waals surface area contributed by atoms with Crippen molar-refractivity contribution in [3.8, 4) is 16.9 Å². The van der Waals surface area contributed by atoms with Crippen LogP contribution in [0.1, 0.15) is 24.9 Å². The number of phenols is 1. The van der Waals surface area contributed by atoms with Gasteiger partial charge in [0, 0.05) is 27.9 Å². The van der Waals surface area contributed by atoms with Gasteiger partial charge in [-0.2, -0.15) is 0 Å². The van der Waals surface area contributed by atoms with Crippen LogP contribution in [0.3, 0.4) is 0 Å². The summed E-state index contributed by atoms with van der Waals surface area (Å²) in [6.45, 7) is 2.15. The normalized spacial score (nSPS) is 12.2. The molecule has 0 saturated heterocycles. The molecule has 0 saturated carbocycles. The van der Waals surface area contributed by atoms with Gasteiger partial charge in [-0.1, -0.05) is 31.2 Å². The second-order valence-corrected chi connectivity index (χ2v) is 7.29. The summed E-state index contributed by atoms with van der Waals surface area (Å²) >= 11 is 1.42. The van der Waals surface area contributed by atoms with Crippen molar-refractivity contribution in [2.45, 2.75) is 19.4 Å². The summed E-state index contributed by atoms with van der Waals surface area (Å²) in [7, 11) is 1.96. The Balaban J connectivity index is 0.00000210. The van der Waals surface area contributed by atoms with E-state index in [1.807, 2.05) is 30.6 Å². The Morgan fingerprint density at radius 3 is 2.56 bits per heavy atom. The highest BCUT2D eigenvalue weighted by atomic mass is 35.5. The first-order valence-corrected chi connectivity index (χ1v) is 9.54. The van der Waals surface area contributed by atoms with Crippen molar-refractivity contribution >= 4 is 44.7 Å². The van der Waals surface area contributed by atoms with E-state index in [4.69, 9.17) is 0 Å². The highest BCUT2D eigenvalue weighted by Crippen LogP contribution is 2.39. The lowest BCUT2D eigenvalue weighted by Crippen LogP contribution is -2.14. The van der Waals surface area contributed by atoms with Crippen molar-refractivity contribution in [3.63, 3.8) is 0 Å². The van der Waals surface area contributed by atoms with Gasteiger partial charge >= 0.3 is 0 Å². The molecule has 0 bridgehead atoms. The molecule has 0 aliphatic carbocycles. The number of aromatic nitrogens is 1. The molecule has 4 nitrogen and oxygen atoms in total. The third kappa shape index (κ3) is 3.23. The fourth-order valence-corrected chi connectivity index (χ4v) is 4.41. The summed E-state index contributed by atoms with van der Waals surface area (Å²) in [6, 6.07) is 13.9. The van der Waals surface area contributed by atoms with Crippen LogP contribution in [-0.4, -0.2) is 17.1 Å². The lowest BCUT2D eigenvalue weighted by Gasteiger charge is -2.16. The monoisotopic (exact) mass is 400 g/mol. The molecular weight excluding hydrogens is 380 g/mol. The minimum atomic E-state index is -0.0886. The molecular formula is C21H21ClN2O2S. The third-order valence-corrected chi connectivity index (χ3v) is 5.84. The number of fused-ring (bicyclic) bond motifs is 3. The van der Waals surface area contributed by atoms with Gasteiger partial charge in [-0.15, -0.1) is 23.7 Å². The second-order valence-electron chi connectivity index (χ2n) is 6.37. The van der Waals surface area contributed by atoms with Crippen molar-refractivity contribution in [1.82, 2.24) is 10.3 Å². The average molecular weight is 401 g/mol. The van der Waals surface area contributed by atoms with Crippen LogP contribution in [0.15, 0.2) is 52.6 Å². The summed E-state index contributed by atoms with van der Waals surface area (Å²) in [5.74, 6) is 0.213. The topological polar surface area (TPSA) is 65.1 Å². The Labute approximate surface area is 167 Å². The molecule has 4 aromatic rings. The molecule has 2 heterocycles. The third-order valence-electron chi connectivity index (χ3n) is 4.93. The Morgan fingerprint density at radius 1 is 1.15 bits per heavy atom. The van der Waals surface area contributed by atoms with Crippen molar-refractivity contribution in [3.05, 3.63) is 63.8 Å². The van der Waals surface area contributed by atoms with Crippen LogP contribution in [0.2, 0.25) is 0 Å². The average Bonchev–Trinajstić information content (AvgIpc) is 3.15. The number of benzene rings is 2. The number of aromatic amines is 1. The minimum Gasteiger partial charge on any atom is -0.507 e. The minimum absolute atomic E-state index is 0. The van der Waals surface area contributed by atoms with E-state index in [1.165, 1.54) is 16.9 Å². The maximum atomic E-state index is 12.3. The Morgan fingerprint density at radius 2 is 1.89 bits per heavy atom. The van der Waals surface area contributed by atoms with E-state index in [9.17, 15) is 9.90 Å². The van der Waals surface area contributed by atoms with Gasteiger partial charge in [0.15, 0.2) is 0 Å². The molecule has 0 unspecified atom stereocenters. The first-order chi connectivity index (χ1) is 12.6. The molecule has 0 spiro atoms. The fraction of sp³-hybridized carbons (Fsp3) is 0.190. The van der Waals surface area contributed by atoms with Crippen LogP contribution < -0.4 is 10.9 Å². The van der Waals surface area contributed by atoms with Crippen molar-refractivity contribution < 1.29 is 5.11 Å². The number of pyridine rings is 1. The van der Waals surface area contributed by atoms with Crippen molar-refractivity contribution in [2.24, 2.45) is 0 Å². The predicted molar refractivity (Wildman–Crippen MR) is 116 cm³/mol. The van der Waals surface area contributed by atoms with Gasteiger partial charge < -0.3 is 15.4 Å². The lowest BCUT2D eigenvalue weighted by molar-refractivity contribution is 0.478. The number of thiophene rings is 1. The Hall–Kier alpha value is -2.34. The number of nitrogens with one attached hydrogen (secondary N) is 2. The highest BCUT2D eigenvalue weighted by Gasteiger charge is 2.16. The number of H-pyrrole nitrogens is 1. The fourth-order valence-electron chi connectivity index (χ4n) is 3.62. The first kappa shape index (κ1) is 19.4. The van der Waals surface area contributed by atoms with Gasteiger partial charge in [0.2, 0.25) is 0 Å². The number of phenolic OH excluding ortho intramolecular Hbond substituents is 1. The SMILES string of the molecule is CC[C@H](NC)c1ccc(-c2c(O)ccc3[nH]c(=O)c4sccc4c23)cc1.Cl. The van der Waals surface area contributed by atoms with E-state index < -0.39 is 0 Å². The molecule has 3 N–H and O–H groups in total. The van der Waals surface area contributed by atoms with E-state index in [0.29, 0.717) is 10.7 Å². The molecule has 140 valence electrons. The summed E-state index contributed by atoms with van der Waals surface area (Å²) in [5, 5.41) is 17.6. The van der Waals surface area contributed by atoms with Gasteiger partial charge in [0.05, 0.1) is 0 Å². The van der Waals surface area contributed by atoms with Gasteiger partial charge in [0.1, 0.15) is 10.4 Å². The standard InChI is InChI=1S/C21H20N2O2S.ClH/c1-3-15(22-2)12-4-6-13(7-5-12)18-17(24)9-8-16-19(18)14-10-11-26-20(14)21(25)23-16;/h4-11,15,22,24H,3H2,1-2H3,(H,23,25);1H/t15-;/m0./s1. The van der Waals surface area contributed by atoms with Crippen LogP contribution in [0, 0.1) is 0 Å². The molecule has 0 fully saturated rings. The molecule has 0 radical (unpaired) electrons. The number of aromatic hydroxyl groups is 1. The zero-order valence-electron chi connectivity index (χ0n) is 15.1. The van der Waals surface area contributed by atoms with E-state index in [-0.39, 0.29) is 23.7 Å². The zero-order chi connectivity index (χ0) is 18.3. The number of hydrogen-bond donors (Lipinski definition) is 3. The molecule has 2 aromatic carbocycles. The molecule has 0 amide bonds. The molecule has 27 heavy (non-hydrogen) atoms. The van der Waals surface area contributed by atoms with Gasteiger partial charge in [-0.05, 0) is 48.2 Å². The largest absolute Gasteiger partial charge is 0.507 e. The Bertz CT molecular complexity index is 1140. The molecule has 1 atom stereocenters. The van der Waals surface area contributed by atoms with Gasteiger partial charge in [-0.25, -0.2) is 0 Å². The van der Waals surface area contributed by atoms with E-state index in [1.54, 1.807) is 12.1 Å². The number of rotatable bonds is 4. The van der Waals surface area contributed by atoms with Crippen LogP contribution >= 0.6 is 23.7 Å². The first-order valence-electron chi connectivity index (χ1n) is 8.66. The van der Waals surface area contributed by atoms with Gasteiger partial charge in [0.25, 0.3) is 5.56 Å². The number of halogens is 1. The summed E-state index contributed by atoms with van der Waals surface area (Å²) < 4.78 is 0.683. The van der Waals surface area contributed by atoms with E-state index in [2.05, 4.69) is 29.4 Å². The summed E-state index contributed by atoms with van der Waals surface area (Å²) in [6.07, 6.45) is 1.01. The quantitative estimate of drug-likeness (QED) is 0.440. The highest BCUT2D eigenvalue weighted by molar-refractivity contribution is 7.17. The predicted octanol–water partition coefficient (Wildman–Crippen LogP) is 5.21. The lowest BCUT2D eigenvalue weighted by atomic mass is 9.95. The van der Waals surface area contributed by atoms with E-state index in [0.717, 1.165) is 33.8 Å². The molecule has 0 aliphatic heterocycles.